The number of hydrogen-bond donors (Lipinski definition) is 3. The fourth-order valence-corrected chi connectivity index (χ4v) is 2.32. The molecule has 0 aliphatic carbocycles. The molecular formula is C17H15F3N6O2S. The SMILES string of the molecule is CCN(S)C(=O)Nc1ccc2ncc(Nc3ccccc3OC(F)(F)F)nc2n1. The summed E-state index contributed by atoms with van der Waals surface area (Å²) in [6.45, 7) is 2.14. The summed E-state index contributed by atoms with van der Waals surface area (Å²) in [5, 5.41) is 5.28. The van der Waals surface area contributed by atoms with E-state index < -0.39 is 18.1 Å². The Hall–Kier alpha value is -3.28. The van der Waals surface area contributed by atoms with Crippen LogP contribution in [0.2, 0.25) is 0 Å². The van der Waals surface area contributed by atoms with Crippen LogP contribution in [-0.2, 0) is 0 Å². The maximum Gasteiger partial charge on any atom is 0.573 e. The van der Waals surface area contributed by atoms with Gasteiger partial charge < -0.3 is 10.1 Å². The lowest BCUT2D eigenvalue weighted by atomic mass is 10.3. The minimum absolute atomic E-state index is 0.0524. The van der Waals surface area contributed by atoms with Crippen molar-refractivity contribution in [2.24, 2.45) is 0 Å². The van der Waals surface area contributed by atoms with Crippen molar-refractivity contribution in [1.29, 1.82) is 0 Å². The van der Waals surface area contributed by atoms with Gasteiger partial charge in [0.15, 0.2) is 17.2 Å². The van der Waals surface area contributed by atoms with Gasteiger partial charge in [0.2, 0.25) is 0 Å². The van der Waals surface area contributed by atoms with E-state index in [-0.39, 0.29) is 23.0 Å². The van der Waals surface area contributed by atoms with E-state index in [0.717, 1.165) is 4.31 Å². The average Bonchev–Trinajstić information content (AvgIpc) is 2.67. The Balaban J connectivity index is 1.85. The average molecular weight is 424 g/mol. The molecule has 0 spiro atoms. The van der Waals surface area contributed by atoms with Gasteiger partial charge in [0.05, 0.1) is 11.9 Å². The number of aromatic nitrogens is 3. The van der Waals surface area contributed by atoms with Crippen molar-refractivity contribution in [3.63, 3.8) is 0 Å². The first-order chi connectivity index (χ1) is 13.7. The topological polar surface area (TPSA) is 92.3 Å². The molecule has 0 saturated heterocycles. The number of para-hydroxylation sites is 2. The fraction of sp³-hybridized carbons (Fsp3) is 0.176. The van der Waals surface area contributed by atoms with Gasteiger partial charge in [-0.15, -0.1) is 13.2 Å². The molecule has 0 aliphatic rings. The standard InChI is InChI=1S/C17H15F3N6O2S/c1-2-26(29)16(27)25-13-8-7-11-15(23-13)24-14(9-21-11)22-10-5-3-4-6-12(10)28-17(18,19)20/h3-9,29H,2H2,1H3,(H2,22,23,24,25,27). The summed E-state index contributed by atoms with van der Waals surface area (Å²) in [7, 11) is 0. The third-order valence-corrected chi connectivity index (χ3v) is 4.02. The monoisotopic (exact) mass is 424 g/mol. The summed E-state index contributed by atoms with van der Waals surface area (Å²) in [6, 6.07) is 8.22. The lowest BCUT2D eigenvalue weighted by molar-refractivity contribution is -0.274. The minimum atomic E-state index is -4.83. The minimum Gasteiger partial charge on any atom is -0.404 e. The predicted molar refractivity (Wildman–Crippen MR) is 104 cm³/mol. The number of anilines is 3. The largest absolute Gasteiger partial charge is 0.573 e. The molecular weight excluding hydrogens is 409 g/mol. The summed E-state index contributed by atoms with van der Waals surface area (Å²) < 4.78 is 42.9. The van der Waals surface area contributed by atoms with Crippen molar-refractivity contribution in [2.45, 2.75) is 13.3 Å². The Labute approximate surface area is 168 Å². The van der Waals surface area contributed by atoms with Crippen LogP contribution in [0.15, 0.2) is 42.6 Å². The van der Waals surface area contributed by atoms with E-state index in [0.29, 0.717) is 12.1 Å². The van der Waals surface area contributed by atoms with E-state index in [1.165, 1.54) is 24.4 Å². The van der Waals surface area contributed by atoms with E-state index in [4.69, 9.17) is 0 Å². The number of nitrogens with one attached hydrogen (secondary N) is 2. The number of fused-ring (bicyclic) bond motifs is 1. The zero-order chi connectivity index (χ0) is 21.0. The number of benzene rings is 1. The second-order valence-corrected chi connectivity index (χ2v) is 6.09. The van der Waals surface area contributed by atoms with E-state index in [2.05, 4.69) is 43.1 Å². The predicted octanol–water partition coefficient (Wildman–Crippen LogP) is 4.37. The summed E-state index contributed by atoms with van der Waals surface area (Å²) in [5.74, 6) is -0.0392. The molecule has 0 fully saturated rings. The number of thiol groups is 1. The first kappa shape index (κ1) is 20.5. The zero-order valence-corrected chi connectivity index (χ0v) is 15.8. The smallest absolute Gasteiger partial charge is 0.404 e. The van der Waals surface area contributed by atoms with E-state index in [1.807, 2.05) is 0 Å². The van der Waals surface area contributed by atoms with Crippen LogP contribution in [0.4, 0.5) is 35.3 Å². The number of halogens is 3. The molecule has 0 atom stereocenters. The van der Waals surface area contributed by atoms with Crippen molar-refractivity contribution in [3.05, 3.63) is 42.6 Å². The van der Waals surface area contributed by atoms with Gasteiger partial charge >= 0.3 is 12.4 Å². The van der Waals surface area contributed by atoms with Gasteiger partial charge in [-0.2, -0.15) is 0 Å². The van der Waals surface area contributed by atoms with Crippen molar-refractivity contribution in [2.75, 3.05) is 17.2 Å². The molecule has 2 aromatic heterocycles. The Morgan fingerprint density at radius 2 is 1.90 bits per heavy atom. The lowest BCUT2D eigenvalue weighted by Crippen LogP contribution is -2.27. The molecule has 2 amide bonds. The zero-order valence-electron chi connectivity index (χ0n) is 14.9. The van der Waals surface area contributed by atoms with E-state index in [9.17, 15) is 18.0 Å². The number of pyridine rings is 1. The van der Waals surface area contributed by atoms with Crippen molar-refractivity contribution in [1.82, 2.24) is 19.3 Å². The highest BCUT2D eigenvalue weighted by molar-refractivity contribution is 7.78. The first-order valence-electron chi connectivity index (χ1n) is 8.28. The van der Waals surface area contributed by atoms with E-state index >= 15 is 0 Å². The van der Waals surface area contributed by atoms with Crippen LogP contribution in [-0.4, -0.2) is 38.2 Å². The Morgan fingerprint density at radius 1 is 1.17 bits per heavy atom. The van der Waals surface area contributed by atoms with Gasteiger partial charge in [-0.25, -0.2) is 19.7 Å². The van der Waals surface area contributed by atoms with Gasteiger partial charge in [0, 0.05) is 6.54 Å². The maximum atomic E-state index is 12.6. The number of urea groups is 1. The highest BCUT2D eigenvalue weighted by Crippen LogP contribution is 2.31. The molecule has 0 bridgehead atoms. The van der Waals surface area contributed by atoms with Crippen LogP contribution < -0.4 is 15.4 Å². The molecule has 29 heavy (non-hydrogen) atoms. The molecule has 0 unspecified atom stereocenters. The Bertz CT molecular complexity index is 1030. The third kappa shape index (κ3) is 5.38. The van der Waals surface area contributed by atoms with Crippen LogP contribution >= 0.6 is 12.8 Å². The van der Waals surface area contributed by atoms with Crippen molar-refractivity contribution < 1.29 is 22.7 Å². The number of rotatable bonds is 5. The summed E-state index contributed by atoms with van der Waals surface area (Å²) in [4.78, 5) is 24.5. The van der Waals surface area contributed by atoms with Gasteiger partial charge in [0.1, 0.15) is 11.3 Å². The van der Waals surface area contributed by atoms with Crippen molar-refractivity contribution in [3.8, 4) is 5.75 Å². The molecule has 12 heteroatoms. The van der Waals surface area contributed by atoms with Crippen LogP contribution in [0.25, 0.3) is 11.2 Å². The third-order valence-electron chi connectivity index (χ3n) is 3.55. The quantitative estimate of drug-likeness (QED) is 0.527. The number of carbonyl (C=O) groups is 1. The van der Waals surface area contributed by atoms with Gasteiger partial charge in [-0.05, 0) is 31.2 Å². The molecule has 0 saturated carbocycles. The molecule has 0 aliphatic heterocycles. The van der Waals surface area contributed by atoms with Crippen LogP contribution in [0.1, 0.15) is 6.92 Å². The number of amides is 2. The van der Waals surface area contributed by atoms with Crippen LogP contribution in [0.5, 0.6) is 5.75 Å². The molecule has 0 radical (unpaired) electrons. The molecule has 8 nitrogen and oxygen atoms in total. The number of nitrogens with zero attached hydrogens (tertiary/aromatic N) is 4. The van der Waals surface area contributed by atoms with Crippen LogP contribution in [0, 0.1) is 0 Å². The first-order valence-corrected chi connectivity index (χ1v) is 8.68. The van der Waals surface area contributed by atoms with Gasteiger partial charge in [0.25, 0.3) is 0 Å². The maximum absolute atomic E-state index is 12.6. The summed E-state index contributed by atoms with van der Waals surface area (Å²) >= 11 is 4.00. The fourth-order valence-electron chi connectivity index (χ4n) is 2.27. The molecule has 2 heterocycles. The number of hydrogen-bond acceptors (Lipinski definition) is 7. The van der Waals surface area contributed by atoms with Gasteiger partial charge in [-0.3, -0.25) is 9.62 Å². The number of alkyl halides is 3. The Kier molecular flexibility index (Phi) is 5.92. The second kappa shape index (κ2) is 8.39. The molecule has 152 valence electrons. The van der Waals surface area contributed by atoms with Crippen molar-refractivity contribution >= 4 is 47.3 Å². The van der Waals surface area contributed by atoms with Gasteiger partial charge in [-0.1, -0.05) is 24.9 Å². The highest BCUT2D eigenvalue weighted by atomic mass is 32.1. The summed E-state index contributed by atoms with van der Waals surface area (Å²) in [6.07, 6.45) is -3.49. The summed E-state index contributed by atoms with van der Waals surface area (Å²) in [5.41, 5.74) is 0.674. The highest BCUT2D eigenvalue weighted by Gasteiger charge is 2.32. The second-order valence-electron chi connectivity index (χ2n) is 5.61. The Morgan fingerprint density at radius 3 is 2.62 bits per heavy atom. The lowest BCUT2D eigenvalue weighted by Gasteiger charge is -2.14. The normalized spacial score (nSPS) is 11.2. The molecule has 1 aromatic carbocycles. The molecule has 3 aromatic rings. The number of carbonyl (C=O) groups excluding carboxylic acids is 1. The number of ether oxygens (including phenoxy) is 1. The molecule has 3 rings (SSSR count). The van der Waals surface area contributed by atoms with E-state index in [1.54, 1.807) is 25.1 Å². The van der Waals surface area contributed by atoms with Crippen LogP contribution in [0.3, 0.4) is 0 Å². The molecule has 2 N–H and O–H groups in total.